The summed E-state index contributed by atoms with van der Waals surface area (Å²) in [4.78, 5) is 27.2. The van der Waals surface area contributed by atoms with Crippen molar-refractivity contribution in [3.8, 4) is 0 Å². The quantitative estimate of drug-likeness (QED) is 0.795. The van der Waals surface area contributed by atoms with Crippen LogP contribution in [0.2, 0.25) is 0 Å². The van der Waals surface area contributed by atoms with E-state index in [1.54, 1.807) is 0 Å². The summed E-state index contributed by atoms with van der Waals surface area (Å²) in [6.45, 7) is 6.09. The fourth-order valence-electron chi connectivity index (χ4n) is 4.01. The van der Waals surface area contributed by atoms with Gasteiger partial charge in [0.15, 0.2) is 0 Å². The number of nitrogens with zero attached hydrogens (tertiary/aromatic N) is 1. The van der Waals surface area contributed by atoms with E-state index in [1.165, 1.54) is 5.56 Å². The van der Waals surface area contributed by atoms with Crippen molar-refractivity contribution in [1.82, 2.24) is 10.2 Å². The van der Waals surface area contributed by atoms with Crippen molar-refractivity contribution in [2.45, 2.75) is 39.2 Å². The van der Waals surface area contributed by atoms with E-state index in [0.717, 1.165) is 32.5 Å². The fraction of sp³-hybridized carbons (Fsp3) is 0.619. The molecule has 0 unspecified atom stereocenters. The van der Waals surface area contributed by atoms with Gasteiger partial charge in [0.2, 0.25) is 11.8 Å². The summed E-state index contributed by atoms with van der Waals surface area (Å²) in [6, 6.07) is 10.4. The van der Waals surface area contributed by atoms with Crippen LogP contribution in [-0.2, 0) is 20.9 Å². The lowest BCUT2D eigenvalue weighted by Crippen LogP contribution is -2.53. The Labute approximate surface area is 161 Å². The highest BCUT2D eigenvalue weighted by atomic mass is 16.5. The van der Waals surface area contributed by atoms with Gasteiger partial charge in [-0.1, -0.05) is 37.3 Å². The number of carbonyl (C=O) groups excluding carboxylic acids is 2. The second-order valence-electron chi connectivity index (χ2n) is 8.26. The third kappa shape index (κ3) is 4.68. The van der Waals surface area contributed by atoms with Gasteiger partial charge in [0, 0.05) is 31.7 Å². The Morgan fingerprint density at radius 1 is 1.11 bits per heavy atom. The molecule has 2 fully saturated rings. The molecule has 3 rings (SSSR count). The molecule has 0 saturated carbocycles. The summed E-state index contributed by atoms with van der Waals surface area (Å²) in [5.41, 5.74) is 5.88. The molecule has 0 aliphatic carbocycles. The largest absolute Gasteiger partial charge is 0.381 e. The molecule has 2 heterocycles. The van der Waals surface area contributed by atoms with Crippen LogP contribution in [0.15, 0.2) is 30.3 Å². The summed E-state index contributed by atoms with van der Waals surface area (Å²) < 4.78 is 5.35. The molecule has 0 aromatic heterocycles. The number of nitrogens with one attached hydrogen (secondary N) is 1. The number of amides is 2. The van der Waals surface area contributed by atoms with Gasteiger partial charge >= 0.3 is 0 Å². The summed E-state index contributed by atoms with van der Waals surface area (Å²) in [5.74, 6) is -0.303. The highest BCUT2D eigenvalue weighted by Crippen LogP contribution is 2.33. The number of likely N-dealkylation sites (tertiary alicyclic amines) is 1. The molecular formula is C21H31N3O3. The molecule has 0 atom stereocenters. The molecule has 2 saturated heterocycles. The smallest absolute Gasteiger partial charge is 0.226 e. The topological polar surface area (TPSA) is 84.7 Å². The first-order chi connectivity index (χ1) is 12.9. The van der Waals surface area contributed by atoms with E-state index in [1.807, 2.05) is 13.0 Å². The predicted molar refractivity (Wildman–Crippen MR) is 104 cm³/mol. The van der Waals surface area contributed by atoms with E-state index < -0.39 is 10.8 Å². The van der Waals surface area contributed by atoms with Crippen molar-refractivity contribution in [3.05, 3.63) is 35.9 Å². The number of carbonyl (C=O) groups is 2. The molecule has 1 aromatic carbocycles. The van der Waals surface area contributed by atoms with Crippen LogP contribution in [-0.4, -0.2) is 49.6 Å². The van der Waals surface area contributed by atoms with Crippen molar-refractivity contribution in [2.75, 3.05) is 32.8 Å². The summed E-state index contributed by atoms with van der Waals surface area (Å²) in [5, 5.41) is 3.04. The number of benzene rings is 1. The van der Waals surface area contributed by atoms with Crippen LogP contribution in [0.3, 0.4) is 0 Å². The summed E-state index contributed by atoms with van der Waals surface area (Å²) in [6.07, 6.45) is 2.78. The molecule has 0 bridgehead atoms. The molecule has 6 nitrogen and oxygen atoms in total. The third-order valence-corrected chi connectivity index (χ3v) is 6.32. The highest BCUT2D eigenvalue weighted by molar-refractivity contribution is 5.85. The Bertz CT molecular complexity index is 648. The first kappa shape index (κ1) is 19.8. The van der Waals surface area contributed by atoms with Gasteiger partial charge in [-0.3, -0.25) is 14.5 Å². The number of hydrogen-bond acceptors (Lipinski definition) is 4. The van der Waals surface area contributed by atoms with Gasteiger partial charge in [-0.05, 0) is 44.3 Å². The molecule has 2 aliphatic rings. The van der Waals surface area contributed by atoms with Crippen LogP contribution in [0.4, 0.5) is 0 Å². The maximum atomic E-state index is 12.9. The zero-order chi connectivity index (χ0) is 19.3. The molecule has 148 valence electrons. The minimum Gasteiger partial charge on any atom is -0.381 e. The van der Waals surface area contributed by atoms with Gasteiger partial charge in [-0.15, -0.1) is 0 Å². The molecule has 0 radical (unpaired) electrons. The van der Waals surface area contributed by atoms with Gasteiger partial charge in [-0.25, -0.2) is 0 Å². The highest BCUT2D eigenvalue weighted by Gasteiger charge is 2.41. The van der Waals surface area contributed by atoms with Crippen molar-refractivity contribution in [2.24, 2.45) is 16.6 Å². The van der Waals surface area contributed by atoms with Crippen molar-refractivity contribution in [1.29, 1.82) is 0 Å². The van der Waals surface area contributed by atoms with Crippen LogP contribution in [0.25, 0.3) is 0 Å². The standard InChI is InChI=1S/C21H31N3O3/c1-20(7-11-24(12-8-20)15-17-5-3-2-4-6-17)19(26)23-16-21(18(22)25)9-13-27-14-10-21/h2-6H,7-16H2,1H3,(H2,22,25)(H,23,26). The number of primary amides is 1. The van der Waals surface area contributed by atoms with Gasteiger partial charge in [0.05, 0.1) is 5.41 Å². The molecule has 2 amide bonds. The van der Waals surface area contributed by atoms with Gasteiger partial charge < -0.3 is 15.8 Å². The third-order valence-electron chi connectivity index (χ3n) is 6.32. The van der Waals surface area contributed by atoms with Gasteiger partial charge in [-0.2, -0.15) is 0 Å². The second kappa shape index (κ2) is 8.40. The molecule has 0 spiro atoms. The van der Waals surface area contributed by atoms with E-state index in [2.05, 4.69) is 34.5 Å². The number of hydrogen-bond donors (Lipinski definition) is 2. The number of piperidine rings is 1. The minimum absolute atomic E-state index is 0.0361. The zero-order valence-corrected chi connectivity index (χ0v) is 16.2. The van der Waals surface area contributed by atoms with Gasteiger partial charge in [0.1, 0.15) is 0 Å². The molecule has 3 N–H and O–H groups in total. The van der Waals surface area contributed by atoms with Crippen LogP contribution in [0.1, 0.15) is 38.2 Å². The zero-order valence-electron chi connectivity index (χ0n) is 16.2. The average Bonchev–Trinajstić information content (AvgIpc) is 2.69. The van der Waals surface area contributed by atoms with Crippen LogP contribution in [0.5, 0.6) is 0 Å². The lowest BCUT2D eigenvalue weighted by Gasteiger charge is -2.40. The first-order valence-electron chi connectivity index (χ1n) is 9.86. The Morgan fingerprint density at radius 2 is 1.74 bits per heavy atom. The van der Waals surface area contributed by atoms with Crippen LogP contribution in [0, 0.1) is 10.8 Å². The summed E-state index contributed by atoms with van der Waals surface area (Å²) in [7, 11) is 0. The van der Waals surface area contributed by atoms with Crippen molar-refractivity contribution in [3.63, 3.8) is 0 Å². The minimum atomic E-state index is -0.668. The average molecular weight is 373 g/mol. The lowest BCUT2D eigenvalue weighted by atomic mass is 9.77. The molecule has 27 heavy (non-hydrogen) atoms. The van der Waals surface area contributed by atoms with E-state index in [0.29, 0.717) is 32.6 Å². The normalized spacial score (nSPS) is 22.1. The van der Waals surface area contributed by atoms with E-state index in [-0.39, 0.29) is 11.8 Å². The number of rotatable bonds is 6. The fourth-order valence-corrected chi connectivity index (χ4v) is 4.01. The Morgan fingerprint density at radius 3 is 2.33 bits per heavy atom. The van der Waals surface area contributed by atoms with E-state index in [4.69, 9.17) is 10.5 Å². The Balaban J connectivity index is 1.52. The monoisotopic (exact) mass is 373 g/mol. The number of nitrogens with two attached hydrogens (primary N) is 1. The molecule has 1 aromatic rings. The molecule has 6 heteroatoms. The van der Waals surface area contributed by atoms with Crippen molar-refractivity contribution < 1.29 is 14.3 Å². The van der Waals surface area contributed by atoms with Gasteiger partial charge in [0.25, 0.3) is 0 Å². The maximum Gasteiger partial charge on any atom is 0.226 e. The van der Waals surface area contributed by atoms with Crippen LogP contribution < -0.4 is 11.1 Å². The summed E-state index contributed by atoms with van der Waals surface area (Å²) >= 11 is 0. The van der Waals surface area contributed by atoms with Crippen LogP contribution >= 0.6 is 0 Å². The SMILES string of the molecule is CC1(C(=O)NCC2(C(N)=O)CCOCC2)CCN(Cc2ccccc2)CC1. The first-order valence-corrected chi connectivity index (χ1v) is 9.86. The molecule has 2 aliphatic heterocycles. The Kier molecular flexibility index (Phi) is 6.17. The van der Waals surface area contributed by atoms with E-state index >= 15 is 0 Å². The maximum absolute atomic E-state index is 12.9. The molecular weight excluding hydrogens is 342 g/mol. The number of ether oxygens (including phenoxy) is 1. The second-order valence-corrected chi connectivity index (χ2v) is 8.26. The predicted octanol–water partition coefficient (Wildman–Crippen LogP) is 1.69. The lowest BCUT2D eigenvalue weighted by molar-refractivity contribution is -0.137. The van der Waals surface area contributed by atoms with Crippen molar-refractivity contribution >= 4 is 11.8 Å². The Hall–Kier alpha value is -1.92. The van der Waals surface area contributed by atoms with E-state index in [9.17, 15) is 9.59 Å².